The van der Waals surface area contributed by atoms with E-state index in [0.717, 1.165) is 23.4 Å². The van der Waals surface area contributed by atoms with Gasteiger partial charge in [0.2, 0.25) is 5.95 Å². The number of aromatic nitrogens is 5. The predicted octanol–water partition coefficient (Wildman–Crippen LogP) is 4.19. The van der Waals surface area contributed by atoms with Gasteiger partial charge >= 0.3 is 0 Å². The van der Waals surface area contributed by atoms with Crippen molar-refractivity contribution in [1.82, 2.24) is 24.7 Å². The van der Waals surface area contributed by atoms with Crippen LogP contribution in [0.15, 0.2) is 36.7 Å². The van der Waals surface area contributed by atoms with E-state index in [0.29, 0.717) is 34.1 Å². The minimum atomic E-state index is 0.195. The zero-order valence-electron chi connectivity index (χ0n) is 17.9. The molecule has 3 heterocycles. The van der Waals surface area contributed by atoms with E-state index in [1.165, 1.54) is 0 Å². The van der Waals surface area contributed by atoms with Crippen LogP contribution in [0.2, 0.25) is 0 Å². The number of fused-ring (bicyclic) bond motifs is 1. The summed E-state index contributed by atoms with van der Waals surface area (Å²) in [6.45, 7) is 4.16. The molecule has 1 aromatic carbocycles. The molecule has 0 fully saturated rings. The largest absolute Gasteiger partial charge is 0.495 e. The highest BCUT2D eigenvalue weighted by Crippen LogP contribution is 2.33. The monoisotopic (exact) mass is 416 g/mol. The molecule has 4 rings (SSSR count). The van der Waals surface area contributed by atoms with E-state index in [9.17, 15) is 5.26 Å². The summed E-state index contributed by atoms with van der Waals surface area (Å²) in [5.74, 6) is 1.67. The van der Waals surface area contributed by atoms with Crippen LogP contribution in [-0.4, -0.2) is 37.9 Å². The number of hydrogen-bond donors (Lipinski definition) is 3. The highest BCUT2D eigenvalue weighted by Gasteiger charge is 2.16. The van der Waals surface area contributed by atoms with E-state index < -0.39 is 0 Å². The Bertz CT molecular complexity index is 1270. The number of methoxy groups -OCH3 is 1. The molecule has 3 aromatic heterocycles. The molecule has 0 aliphatic carbocycles. The van der Waals surface area contributed by atoms with E-state index in [4.69, 9.17) is 4.74 Å². The van der Waals surface area contributed by atoms with Crippen molar-refractivity contribution in [2.45, 2.75) is 26.3 Å². The lowest BCUT2D eigenvalue weighted by molar-refractivity contribution is 0.417. The number of benzene rings is 1. The second-order valence-corrected chi connectivity index (χ2v) is 7.27. The van der Waals surface area contributed by atoms with Crippen LogP contribution in [0.4, 0.5) is 17.5 Å². The second-order valence-electron chi connectivity index (χ2n) is 7.27. The first-order valence-corrected chi connectivity index (χ1v) is 10.0. The molecule has 4 aromatic rings. The fraction of sp³-hybridized carbons (Fsp3) is 0.273. The molecule has 0 spiro atoms. The minimum Gasteiger partial charge on any atom is -0.495 e. The highest BCUT2D eigenvalue weighted by atomic mass is 16.5. The number of anilines is 3. The number of nitriles is 1. The first-order valence-electron chi connectivity index (χ1n) is 10.0. The van der Waals surface area contributed by atoms with E-state index in [2.05, 4.69) is 50.6 Å². The van der Waals surface area contributed by atoms with Gasteiger partial charge < -0.3 is 20.4 Å². The third kappa shape index (κ3) is 3.88. The molecule has 0 saturated heterocycles. The quantitative estimate of drug-likeness (QED) is 0.413. The Morgan fingerprint density at radius 2 is 2.13 bits per heavy atom. The van der Waals surface area contributed by atoms with Gasteiger partial charge in [0, 0.05) is 31.0 Å². The van der Waals surface area contributed by atoms with Gasteiger partial charge in [-0.2, -0.15) is 20.3 Å². The summed E-state index contributed by atoms with van der Waals surface area (Å²) >= 11 is 0. The maximum atomic E-state index is 9.45. The molecule has 0 saturated carbocycles. The molecular weight excluding hydrogens is 392 g/mol. The Balaban J connectivity index is 1.73. The van der Waals surface area contributed by atoms with E-state index in [1.54, 1.807) is 19.5 Å². The average molecular weight is 416 g/mol. The van der Waals surface area contributed by atoms with Crippen LogP contribution in [0.5, 0.6) is 5.75 Å². The van der Waals surface area contributed by atoms with Gasteiger partial charge in [-0.25, -0.2) is 0 Å². The maximum absolute atomic E-state index is 9.45. The average Bonchev–Trinajstić information content (AvgIpc) is 3.39. The summed E-state index contributed by atoms with van der Waals surface area (Å²) in [5.41, 5.74) is 3.80. The Morgan fingerprint density at radius 3 is 2.81 bits per heavy atom. The Kier molecular flexibility index (Phi) is 5.45. The van der Waals surface area contributed by atoms with Crippen molar-refractivity contribution in [1.29, 1.82) is 5.26 Å². The van der Waals surface area contributed by atoms with Crippen LogP contribution in [0.25, 0.3) is 22.3 Å². The number of rotatable bonds is 7. The molecule has 31 heavy (non-hydrogen) atoms. The Morgan fingerprint density at radius 1 is 1.29 bits per heavy atom. The van der Waals surface area contributed by atoms with Gasteiger partial charge in [-0.05, 0) is 31.5 Å². The van der Waals surface area contributed by atoms with Gasteiger partial charge in [-0.3, -0.25) is 4.68 Å². The van der Waals surface area contributed by atoms with Crippen LogP contribution in [0.3, 0.4) is 0 Å². The van der Waals surface area contributed by atoms with Gasteiger partial charge in [0.25, 0.3) is 0 Å². The molecule has 0 radical (unpaired) electrons. The summed E-state index contributed by atoms with van der Waals surface area (Å²) in [7, 11) is 3.52. The summed E-state index contributed by atoms with van der Waals surface area (Å²) in [5, 5.41) is 21.0. The lowest BCUT2D eigenvalue weighted by Crippen LogP contribution is -2.15. The standard InChI is InChI=1S/C22H24N8O/c1-5-13(2)26-21-19-15(11-23)12-24-20(19)28-22(29-21)27-16-7-6-14(10-18(16)31-4)17-8-9-25-30(17)3/h6-10,12-13H,5H2,1-4H3,(H3,24,26,27,28,29)/t13-/m1/s1. The Labute approximate surface area is 180 Å². The van der Waals surface area contributed by atoms with Gasteiger partial charge in [-0.15, -0.1) is 0 Å². The topological polar surface area (TPSA) is 116 Å². The maximum Gasteiger partial charge on any atom is 0.231 e. The number of ether oxygens (including phenoxy) is 1. The van der Waals surface area contributed by atoms with Crippen LogP contribution >= 0.6 is 0 Å². The SMILES string of the molecule is CC[C@@H](C)Nc1nc(Nc2ccc(-c3ccnn3C)cc2OC)nc2[nH]cc(C#N)c12. The normalized spacial score (nSPS) is 11.8. The molecule has 0 amide bonds. The number of H-pyrrole nitrogens is 1. The number of aromatic amines is 1. The smallest absolute Gasteiger partial charge is 0.231 e. The van der Waals surface area contributed by atoms with Gasteiger partial charge in [0.05, 0.1) is 29.4 Å². The predicted molar refractivity (Wildman–Crippen MR) is 120 cm³/mol. The third-order valence-electron chi connectivity index (χ3n) is 5.21. The van der Waals surface area contributed by atoms with Crippen molar-refractivity contribution in [3.05, 3.63) is 42.2 Å². The minimum absolute atomic E-state index is 0.195. The van der Waals surface area contributed by atoms with E-state index >= 15 is 0 Å². The van der Waals surface area contributed by atoms with Gasteiger partial charge in [0.15, 0.2) is 0 Å². The molecule has 0 bridgehead atoms. The lowest BCUT2D eigenvalue weighted by Gasteiger charge is -2.16. The van der Waals surface area contributed by atoms with Crippen LogP contribution in [0.1, 0.15) is 25.8 Å². The van der Waals surface area contributed by atoms with Crippen molar-refractivity contribution < 1.29 is 4.74 Å². The molecule has 0 unspecified atom stereocenters. The molecule has 0 aliphatic heterocycles. The van der Waals surface area contributed by atoms with E-state index in [1.807, 2.05) is 36.0 Å². The fourth-order valence-corrected chi connectivity index (χ4v) is 3.35. The van der Waals surface area contributed by atoms with Crippen molar-refractivity contribution in [3.63, 3.8) is 0 Å². The third-order valence-corrected chi connectivity index (χ3v) is 5.21. The number of aryl methyl sites for hydroxylation is 1. The summed E-state index contributed by atoms with van der Waals surface area (Å²) < 4.78 is 7.41. The first-order chi connectivity index (χ1) is 15.0. The van der Waals surface area contributed by atoms with Crippen molar-refractivity contribution in [3.8, 4) is 23.1 Å². The zero-order chi connectivity index (χ0) is 22.0. The number of nitrogens with zero attached hydrogens (tertiary/aromatic N) is 5. The molecule has 9 heteroatoms. The second kappa shape index (κ2) is 8.36. The molecular formula is C22H24N8O. The molecule has 158 valence electrons. The molecule has 3 N–H and O–H groups in total. The molecule has 0 aliphatic rings. The van der Waals surface area contributed by atoms with Crippen molar-refractivity contribution >= 4 is 28.5 Å². The van der Waals surface area contributed by atoms with Crippen molar-refractivity contribution in [2.75, 3.05) is 17.7 Å². The molecule has 9 nitrogen and oxygen atoms in total. The zero-order valence-corrected chi connectivity index (χ0v) is 17.9. The lowest BCUT2D eigenvalue weighted by atomic mass is 10.1. The first kappa shape index (κ1) is 20.2. The van der Waals surface area contributed by atoms with Gasteiger partial charge in [0.1, 0.15) is 23.3 Å². The number of nitrogens with one attached hydrogen (secondary N) is 3. The number of hydrogen-bond acceptors (Lipinski definition) is 7. The van der Waals surface area contributed by atoms with Crippen LogP contribution in [-0.2, 0) is 7.05 Å². The summed E-state index contributed by atoms with van der Waals surface area (Å²) in [4.78, 5) is 12.3. The summed E-state index contributed by atoms with van der Waals surface area (Å²) in [6.07, 6.45) is 4.33. The van der Waals surface area contributed by atoms with Crippen molar-refractivity contribution in [2.24, 2.45) is 7.05 Å². The van der Waals surface area contributed by atoms with Crippen LogP contribution in [0, 0.1) is 11.3 Å². The molecule has 1 atom stereocenters. The Hall–Kier alpha value is -4.06. The van der Waals surface area contributed by atoms with Gasteiger partial charge in [-0.1, -0.05) is 13.0 Å². The summed E-state index contributed by atoms with van der Waals surface area (Å²) in [6, 6.07) is 10.2. The highest BCUT2D eigenvalue weighted by molar-refractivity contribution is 5.93. The fourth-order valence-electron chi connectivity index (χ4n) is 3.35. The van der Waals surface area contributed by atoms with E-state index in [-0.39, 0.29) is 6.04 Å². The van der Waals surface area contributed by atoms with Crippen LogP contribution < -0.4 is 15.4 Å².